The van der Waals surface area contributed by atoms with Crippen molar-refractivity contribution in [1.29, 1.82) is 0 Å². The minimum atomic E-state index is -0.385. The normalized spacial score (nSPS) is 12.6. The molecule has 1 unspecified atom stereocenters. The maximum absolute atomic E-state index is 12.9. The molecule has 1 nitrogen and oxygen atoms in total. The fraction of sp³-hybridized carbons (Fsp3) is 0.222. The van der Waals surface area contributed by atoms with E-state index >= 15 is 0 Å². The third-order valence-corrected chi connectivity index (χ3v) is 2.06. The number of hydrogen-bond donors (Lipinski definition) is 1. The Balaban J connectivity index is 3.04. The summed E-state index contributed by atoms with van der Waals surface area (Å²) in [5.74, 6) is -0.641. The summed E-state index contributed by atoms with van der Waals surface area (Å²) in [7, 11) is 0. The van der Waals surface area contributed by atoms with Crippen molar-refractivity contribution in [3.05, 3.63) is 29.6 Å². The summed E-state index contributed by atoms with van der Waals surface area (Å²) in [4.78, 5) is 10.7. The van der Waals surface area contributed by atoms with Crippen molar-refractivity contribution in [3.8, 4) is 0 Å². The smallest absolute Gasteiger partial charge is 0.136 e. The molecular formula is C9H9FOS. The molecule has 0 bridgehead atoms. The van der Waals surface area contributed by atoms with Crippen LogP contribution in [0.4, 0.5) is 4.39 Å². The van der Waals surface area contributed by atoms with E-state index in [1.165, 1.54) is 6.07 Å². The first-order valence-corrected chi connectivity index (χ1v) is 4.03. The summed E-state index contributed by atoms with van der Waals surface area (Å²) in [6.07, 6.45) is 0.785. The zero-order chi connectivity index (χ0) is 9.14. The van der Waals surface area contributed by atoms with Gasteiger partial charge in [0.25, 0.3) is 0 Å². The number of benzene rings is 1. The third kappa shape index (κ3) is 1.85. The molecule has 0 fully saturated rings. The largest absolute Gasteiger partial charge is 0.303 e. The average Bonchev–Trinajstić information content (AvgIpc) is 2.08. The van der Waals surface area contributed by atoms with Crippen molar-refractivity contribution in [1.82, 2.24) is 0 Å². The third-order valence-electron chi connectivity index (χ3n) is 1.70. The molecule has 0 amide bonds. The van der Waals surface area contributed by atoms with Gasteiger partial charge in [0.15, 0.2) is 0 Å². The van der Waals surface area contributed by atoms with Gasteiger partial charge in [0, 0.05) is 10.8 Å². The van der Waals surface area contributed by atoms with Crippen LogP contribution in [0.3, 0.4) is 0 Å². The van der Waals surface area contributed by atoms with Gasteiger partial charge in [-0.3, -0.25) is 0 Å². The Labute approximate surface area is 76.0 Å². The fourth-order valence-corrected chi connectivity index (χ4v) is 1.02. The van der Waals surface area contributed by atoms with Crippen LogP contribution in [0.15, 0.2) is 23.1 Å². The molecule has 0 aromatic heterocycles. The Bertz CT molecular complexity index is 299. The van der Waals surface area contributed by atoms with Crippen molar-refractivity contribution in [2.75, 3.05) is 0 Å². The summed E-state index contributed by atoms with van der Waals surface area (Å²) in [5, 5.41) is 0. The van der Waals surface area contributed by atoms with Gasteiger partial charge in [-0.25, -0.2) is 4.39 Å². The molecule has 1 aromatic carbocycles. The van der Waals surface area contributed by atoms with Crippen molar-refractivity contribution in [3.63, 3.8) is 0 Å². The molecule has 1 rings (SSSR count). The highest BCUT2D eigenvalue weighted by Gasteiger charge is 2.05. The number of halogens is 1. The second-order valence-electron chi connectivity index (χ2n) is 2.64. The maximum atomic E-state index is 12.9. The highest BCUT2D eigenvalue weighted by atomic mass is 32.1. The molecule has 1 aromatic rings. The summed E-state index contributed by atoms with van der Waals surface area (Å²) < 4.78 is 12.9. The second-order valence-corrected chi connectivity index (χ2v) is 3.12. The highest BCUT2D eigenvalue weighted by molar-refractivity contribution is 7.80. The van der Waals surface area contributed by atoms with Crippen molar-refractivity contribution in [2.45, 2.75) is 17.7 Å². The maximum Gasteiger partial charge on any atom is 0.136 e. The predicted molar refractivity (Wildman–Crippen MR) is 48.1 cm³/mol. The second kappa shape index (κ2) is 3.72. The molecule has 0 N–H and O–H groups in total. The number of thiol groups is 1. The van der Waals surface area contributed by atoms with Gasteiger partial charge in [-0.2, -0.15) is 0 Å². The SMILES string of the molecule is CC(C=O)c1ccc(S)c(F)c1. The first kappa shape index (κ1) is 9.26. The van der Waals surface area contributed by atoms with Crippen LogP contribution < -0.4 is 0 Å². The van der Waals surface area contributed by atoms with E-state index in [4.69, 9.17) is 0 Å². The molecule has 0 saturated heterocycles. The molecule has 0 heterocycles. The van der Waals surface area contributed by atoms with Crippen LogP contribution in [-0.4, -0.2) is 6.29 Å². The molecule has 12 heavy (non-hydrogen) atoms. The summed E-state index contributed by atoms with van der Waals surface area (Å²) in [5.41, 5.74) is 0.681. The summed E-state index contributed by atoms with van der Waals surface area (Å²) >= 11 is 3.88. The molecule has 0 aliphatic heterocycles. The van der Waals surface area contributed by atoms with E-state index in [-0.39, 0.29) is 11.7 Å². The van der Waals surface area contributed by atoms with E-state index in [0.717, 1.165) is 6.29 Å². The quantitative estimate of drug-likeness (QED) is 0.551. The molecule has 3 heteroatoms. The van der Waals surface area contributed by atoms with Crippen molar-refractivity contribution < 1.29 is 9.18 Å². The minimum absolute atomic E-state index is 0.256. The van der Waals surface area contributed by atoms with Gasteiger partial charge >= 0.3 is 0 Å². The van der Waals surface area contributed by atoms with Gasteiger partial charge in [0.2, 0.25) is 0 Å². The van der Waals surface area contributed by atoms with Crippen LogP contribution >= 0.6 is 12.6 Å². The lowest BCUT2D eigenvalue weighted by molar-refractivity contribution is -0.108. The first-order valence-electron chi connectivity index (χ1n) is 3.59. The van der Waals surface area contributed by atoms with Gasteiger partial charge < -0.3 is 4.79 Å². The predicted octanol–water partition coefficient (Wildman–Crippen LogP) is 2.42. The van der Waals surface area contributed by atoms with E-state index in [2.05, 4.69) is 12.6 Å². The molecule has 1 atom stereocenters. The molecule has 0 aliphatic carbocycles. The number of rotatable bonds is 2. The van der Waals surface area contributed by atoms with Gasteiger partial charge in [-0.15, -0.1) is 12.6 Å². The average molecular weight is 184 g/mol. The zero-order valence-electron chi connectivity index (χ0n) is 6.62. The lowest BCUT2D eigenvalue weighted by Gasteiger charge is -2.04. The van der Waals surface area contributed by atoms with Gasteiger partial charge in [0.05, 0.1) is 0 Å². The first-order chi connectivity index (χ1) is 5.65. The van der Waals surface area contributed by atoms with E-state index in [9.17, 15) is 9.18 Å². The monoisotopic (exact) mass is 184 g/mol. The van der Waals surface area contributed by atoms with Crippen LogP contribution in [0.1, 0.15) is 18.4 Å². The summed E-state index contributed by atoms with van der Waals surface area (Å²) in [6, 6.07) is 4.58. The number of carbonyl (C=O) groups excluding carboxylic acids is 1. The molecule has 0 spiro atoms. The number of hydrogen-bond acceptors (Lipinski definition) is 2. The highest BCUT2D eigenvalue weighted by Crippen LogP contribution is 2.18. The van der Waals surface area contributed by atoms with E-state index < -0.39 is 0 Å². The van der Waals surface area contributed by atoms with Gasteiger partial charge in [-0.1, -0.05) is 13.0 Å². The van der Waals surface area contributed by atoms with Gasteiger partial charge in [0.1, 0.15) is 12.1 Å². The van der Waals surface area contributed by atoms with Crippen molar-refractivity contribution >= 4 is 18.9 Å². The zero-order valence-corrected chi connectivity index (χ0v) is 7.51. The Hall–Kier alpha value is -0.830. The van der Waals surface area contributed by atoms with Crippen LogP contribution in [0.2, 0.25) is 0 Å². The standard InChI is InChI=1S/C9H9FOS/c1-6(5-11)7-2-3-9(12)8(10)4-7/h2-6,12H,1H3. The van der Waals surface area contributed by atoms with Crippen LogP contribution in [-0.2, 0) is 4.79 Å². The number of carbonyl (C=O) groups is 1. The van der Waals surface area contributed by atoms with E-state index in [1.54, 1.807) is 19.1 Å². The molecule has 0 aliphatic rings. The fourth-order valence-electron chi connectivity index (χ4n) is 0.885. The summed E-state index contributed by atoms with van der Waals surface area (Å²) in [6.45, 7) is 1.72. The van der Waals surface area contributed by atoms with Crippen LogP contribution in [0, 0.1) is 5.82 Å². The Morgan fingerprint density at radius 1 is 1.58 bits per heavy atom. The molecule has 64 valence electrons. The molecule has 0 radical (unpaired) electrons. The topological polar surface area (TPSA) is 17.1 Å². The molecule has 0 saturated carbocycles. The Morgan fingerprint density at radius 3 is 2.75 bits per heavy atom. The Kier molecular flexibility index (Phi) is 2.87. The lowest BCUT2D eigenvalue weighted by atomic mass is 10.0. The van der Waals surface area contributed by atoms with Crippen LogP contribution in [0.25, 0.3) is 0 Å². The van der Waals surface area contributed by atoms with Crippen LogP contribution in [0.5, 0.6) is 0 Å². The minimum Gasteiger partial charge on any atom is -0.303 e. The molecular weight excluding hydrogens is 175 g/mol. The van der Waals surface area contributed by atoms with Crippen molar-refractivity contribution in [2.24, 2.45) is 0 Å². The van der Waals surface area contributed by atoms with Gasteiger partial charge in [-0.05, 0) is 17.7 Å². The van der Waals surface area contributed by atoms with E-state index in [1.807, 2.05) is 0 Å². The van der Waals surface area contributed by atoms with E-state index in [0.29, 0.717) is 10.5 Å². The number of aldehydes is 1. The lowest BCUT2D eigenvalue weighted by Crippen LogP contribution is -1.95. The Morgan fingerprint density at radius 2 is 2.25 bits per heavy atom.